The van der Waals surface area contributed by atoms with E-state index in [1.165, 1.54) is 6.07 Å². The number of anilines is 2. The number of benzene rings is 2. The highest BCUT2D eigenvalue weighted by molar-refractivity contribution is 5.99. The van der Waals surface area contributed by atoms with Gasteiger partial charge in [0.2, 0.25) is 11.8 Å². The second-order valence-electron chi connectivity index (χ2n) is 8.63. The molecule has 186 valence electrons. The molecule has 2 aliphatic heterocycles. The predicted octanol–water partition coefficient (Wildman–Crippen LogP) is 3.72. The molecule has 10 heteroatoms. The Morgan fingerprint density at radius 1 is 1.09 bits per heavy atom. The summed E-state index contributed by atoms with van der Waals surface area (Å²) in [6.07, 6.45) is 0.273. The van der Waals surface area contributed by atoms with E-state index >= 15 is 0 Å². The smallest absolute Gasteiger partial charge is 0.257 e. The van der Waals surface area contributed by atoms with Gasteiger partial charge in [-0.05, 0) is 43.2 Å². The average Bonchev–Trinajstić information content (AvgIpc) is 2.84. The minimum Gasteiger partial charge on any atom is -0.490 e. The number of ether oxygens (including phenoxy) is 2. The highest BCUT2D eigenvalue weighted by atomic mass is 19.1. The maximum atomic E-state index is 13.8. The van der Waals surface area contributed by atoms with Gasteiger partial charge in [0.15, 0.2) is 0 Å². The van der Waals surface area contributed by atoms with Crippen LogP contribution in [0.4, 0.5) is 20.2 Å². The largest absolute Gasteiger partial charge is 0.490 e. The number of fused-ring (bicyclic) bond motifs is 2. The van der Waals surface area contributed by atoms with Gasteiger partial charge in [-0.3, -0.25) is 14.4 Å². The summed E-state index contributed by atoms with van der Waals surface area (Å²) >= 11 is 0. The molecule has 2 aliphatic rings. The summed E-state index contributed by atoms with van der Waals surface area (Å²) in [5, 5.41) is 5.02. The van der Waals surface area contributed by atoms with Crippen molar-refractivity contribution in [1.29, 1.82) is 0 Å². The third-order valence-corrected chi connectivity index (χ3v) is 6.26. The number of carbonyl (C=O) groups excluding carboxylic acids is 3. The highest BCUT2D eigenvalue weighted by Crippen LogP contribution is 2.32. The van der Waals surface area contributed by atoms with Crippen molar-refractivity contribution in [3.63, 3.8) is 0 Å². The lowest BCUT2D eigenvalue weighted by atomic mass is 9.94. The number of nitrogens with one attached hydrogen (secondary N) is 2. The molecular formula is C25H27F2N3O5. The minimum absolute atomic E-state index is 0.0915. The number of amides is 3. The Bertz CT molecular complexity index is 1120. The number of hydrogen-bond donors (Lipinski definition) is 2. The number of halogens is 2. The molecular weight excluding hydrogens is 460 g/mol. The zero-order chi connectivity index (χ0) is 25.1. The standard InChI is InChI=1S/C25H27F2N3O5/c1-3-22(31)28-14-7-10-20-16(11-14)25(33)30(2)19-9-8-15(35-21(19)13-34-20)12-23(32)29-24-17(26)5-4-6-18(24)27/h4-7,10-11,15,19,21H,3,8-9,12-13H2,1-2H3,(H,28,31)(H,29,32)/t15-,19+,21-/m1/s1. The number of nitrogens with zero attached hydrogens (tertiary/aromatic N) is 1. The van der Waals surface area contributed by atoms with Crippen molar-refractivity contribution in [2.24, 2.45) is 0 Å². The third kappa shape index (κ3) is 5.43. The first kappa shape index (κ1) is 24.6. The molecule has 2 aromatic rings. The monoisotopic (exact) mass is 487 g/mol. The number of carbonyl (C=O) groups is 3. The first-order valence-corrected chi connectivity index (χ1v) is 11.5. The molecule has 8 nitrogen and oxygen atoms in total. The van der Waals surface area contributed by atoms with E-state index < -0.39 is 35.4 Å². The van der Waals surface area contributed by atoms with Gasteiger partial charge in [-0.1, -0.05) is 13.0 Å². The second kappa shape index (κ2) is 10.4. The summed E-state index contributed by atoms with van der Waals surface area (Å²) in [7, 11) is 1.68. The van der Waals surface area contributed by atoms with E-state index in [4.69, 9.17) is 9.47 Å². The Hall–Kier alpha value is -3.53. The van der Waals surface area contributed by atoms with Gasteiger partial charge in [0, 0.05) is 19.2 Å². The van der Waals surface area contributed by atoms with Crippen LogP contribution in [0, 0.1) is 11.6 Å². The molecule has 3 amide bonds. The summed E-state index contributed by atoms with van der Waals surface area (Å²) in [6, 6.07) is 7.96. The number of likely N-dealkylation sites (N-methyl/N-ethyl adjacent to an activating group) is 1. The molecule has 4 rings (SSSR count). The van der Waals surface area contributed by atoms with E-state index in [1.54, 1.807) is 37.1 Å². The Morgan fingerprint density at radius 2 is 1.83 bits per heavy atom. The van der Waals surface area contributed by atoms with E-state index in [2.05, 4.69) is 10.6 Å². The molecule has 35 heavy (non-hydrogen) atoms. The second-order valence-corrected chi connectivity index (χ2v) is 8.63. The van der Waals surface area contributed by atoms with Crippen LogP contribution in [0.2, 0.25) is 0 Å². The Labute approximate surface area is 201 Å². The molecule has 1 saturated heterocycles. The summed E-state index contributed by atoms with van der Waals surface area (Å²) in [6.45, 7) is 1.89. The SMILES string of the molecule is CCC(=O)Nc1ccc2c(c1)C(=O)N(C)[C@H]1CC[C@H](CC(=O)Nc3c(F)cccc3F)O[C@@H]1CO2. The van der Waals surface area contributed by atoms with Gasteiger partial charge in [-0.15, -0.1) is 0 Å². The normalized spacial score (nSPS) is 21.7. The van der Waals surface area contributed by atoms with Gasteiger partial charge in [0.05, 0.1) is 24.1 Å². The maximum Gasteiger partial charge on any atom is 0.257 e. The zero-order valence-electron chi connectivity index (χ0n) is 19.5. The van der Waals surface area contributed by atoms with Crippen molar-refractivity contribution in [1.82, 2.24) is 4.90 Å². The topological polar surface area (TPSA) is 97.0 Å². The van der Waals surface area contributed by atoms with Gasteiger partial charge in [-0.2, -0.15) is 0 Å². The fraction of sp³-hybridized carbons (Fsp3) is 0.400. The van der Waals surface area contributed by atoms with Crippen LogP contribution < -0.4 is 15.4 Å². The number of rotatable bonds is 5. The quantitative estimate of drug-likeness (QED) is 0.670. The summed E-state index contributed by atoms with van der Waals surface area (Å²) < 4.78 is 39.7. The molecule has 0 aromatic heterocycles. The van der Waals surface area contributed by atoms with Crippen molar-refractivity contribution in [3.05, 3.63) is 53.6 Å². The summed E-state index contributed by atoms with van der Waals surface area (Å²) in [5.41, 5.74) is 0.362. The molecule has 2 heterocycles. The maximum absolute atomic E-state index is 13.8. The van der Waals surface area contributed by atoms with Gasteiger partial charge in [0.1, 0.15) is 35.8 Å². The van der Waals surface area contributed by atoms with Crippen LogP contribution in [0.5, 0.6) is 5.75 Å². The molecule has 3 atom stereocenters. The Kier molecular flexibility index (Phi) is 7.30. The molecule has 0 unspecified atom stereocenters. The van der Waals surface area contributed by atoms with Crippen LogP contribution in [0.25, 0.3) is 0 Å². The molecule has 2 N–H and O–H groups in total. The third-order valence-electron chi connectivity index (χ3n) is 6.26. The predicted molar refractivity (Wildman–Crippen MR) is 124 cm³/mol. The van der Waals surface area contributed by atoms with E-state index in [0.29, 0.717) is 36.3 Å². The fourth-order valence-electron chi connectivity index (χ4n) is 4.37. The highest BCUT2D eigenvalue weighted by Gasteiger charge is 2.39. The Morgan fingerprint density at radius 3 is 2.54 bits per heavy atom. The molecule has 0 radical (unpaired) electrons. The fourth-order valence-corrected chi connectivity index (χ4v) is 4.37. The molecule has 0 saturated carbocycles. The van der Waals surface area contributed by atoms with Gasteiger partial charge < -0.3 is 25.0 Å². The minimum atomic E-state index is -0.854. The summed E-state index contributed by atoms with van der Waals surface area (Å²) in [5.74, 6) is -2.34. The van der Waals surface area contributed by atoms with Crippen LogP contribution in [0.1, 0.15) is 43.0 Å². The van der Waals surface area contributed by atoms with Crippen molar-refractivity contribution < 1.29 is 32.6 Å². The van der Waals surface area contributed by atoms with Crippen molar-refractivity contribution >= 4 is 29.1 Å². The lowest BCUT2D eigenvalue weighted by molar-refractivity contribution is -0.130. The van der Waals surface area contributed by atoms with E-state index in [9.17, 15) is 23.2 Å². The van der Waals surface area contributed by atoms with Crippen LogP contribution in [0.3, 0.4) is 0 Å². The molecule has 0 bridgehead atoms. The lowest BCUT2D eigenvalue weighted by Crippen LogP contribution is -2.53. The number of hydrogen-bond acceptors (Lipinski definition) is 5. The number of para-hydroxylation sites is 1. The zero-order valence-corrected chi connectivity index (χ0v) is 19.5. The van der Waals surface area contributed by atoms with Crippen molar-refractivity contribution in [2.45, 2.75) is 50.9 Å². The van der Waals surface area contributed by atoms with Gasteiger partial charge >= 0.3 is 0 Å². The summed E-state index contributed by atoms with van der Waals surface area (Å²) in [4.78, 5) is 39.0. The first-order chi connectivity index (χ1) is 16.8. The molecule has 2 aromatic carbocycles. The Balaban J connectivity index is 1.44. The van der Waals surface area contributed by atoms with E-state index in [0.717, 1.165) is 12.1 Å². The van der Waals surface area contributed by atoms with Crippen LogP contribution in [-0.4, -0.2) is 54.5 Å². The van der Waals surface area contributed by atoms with Gasteiger partial charge in [0.25, 0.3) is 5.91 Å². The van der Waals surface area contributed by atoms with Crippen LogP contribution in [0.15, 0.2) is 36.4 Å². The molecule has 1 fully saturated rings. The van der Waals surface area contributed by atoms with Crippen LogP contribution in [-0.2, 0) is 14.3 Å². The van der Waals surface area contributed by atoms with Gasteiger partial charge in [-0.25, -0.2) is 8.78 Å². The molecule has 0 spiro atoms. The van der Waals surface area contributed by atoms with E-state index in [1.807, 2.05) is 0 Å². The first-order valence-electron chi connectivity index (χ1n) is 11.5. The van der Waals surface area contributed by atoms with E-state index in [-0.39, 0.29) is 30.9 Å². The van der Waals surface area contributed by atoms with Crippen molar-refractivity contribution in [2.75, 3.05) is 24.3 Å². The van der Waals surface area contributed by atoms with Crippen LogP contribution >= 0.6 is 0 Å². The lowest BCUT2D eigenvalue weighted by Gasteiger charge is -2.42. The molecule has 0 aliphatic carbocycles. The average molecular weight is 488 g/mol. The van der Waals surface area contributed by atoms with Crippen molar-refractivity contribution in [3.8, 4) is 5.75 Å².